The summed E-state index contributed by atoms with van der Waals surface area (Å²) in [6.45, 7) is 4.21. The van der Waals surface area contributed by atoms with Crippen molar-refractivity contribution in [2.24, 2.45) is 0 Å². The molecule has 0 aliphatic heterocycles. The number of aliphatic carboxylic acids is 1. The topological polar surface area (TPSA) is 66.4 Å². The average Bonchev–Trinajstić information content (AvgIpc) is 2.03. The summed E-state index contributed by atoms with van der Waals surface area (Å²) in [5.41, 5.74) is 0.330. The van der Waals surface area contributed by atoms with Crippen molar-refractivity contribution in [1.29, 1.82) is 0 Å². The summed E-state index contributed by atoms with van der Waals surface area (Å²) >= 11 is 0. The monoisotopic (exact) mass is 185 g/mol. The Balaban J connectivity index is 4.40. The van der Waals surface area contributed by atoms with E-state index in [1.807, 2.05) is 6.92 Å². The predicted molar refractivity (Wildman–Crippen MR) is 49.3 cm³/mol. The summed E-state index contributed by atoms with van der Waals surface area (Å²) in [7, 11) is 0. The molecule has 0 aromatic carbocycles. The van der Waals surface area contributed by atoms with Crippen LogP contribution >= 0.6 is 0 Å². The highest BCUT2D eigenvalue weighted by Crippen LogP contribution is 2.04. The number of rotatable bonds is 5. The van der Waals surface area contributed by atoms with Gasteiger partial charge in [-0.15, -0.1) is 0 Å². The third kappa shape index (κ3) is 5.00. The van der Waals surface area contributed by atoms with Gasteiger partial charge in [-0.25, -0.2) is 4.79 Å². The van der Waals surface area contributed by atoms with Crippen molar-refractivity contribution in [2.75, 3.05) is 6.54 Å². The maximum absolute atomic E-state index is 11.2. The zero-order valence-electron chi connectivity index (χ0n) is 7.96. The van der Waals surface area contributed by atoms with Gasteiger partial charge in [0.1, 0.15) is 0 Å². The fraction of sp³-hybridized carbons (Fsp3) is 0.556. The van der Waals surface area contributed by atoms with E-state index in [9.17, 15) is 9.59 Å². The normalized spacial score (nSPS) is 11.1. The van der Waals surface area contributed by atoms with E-state index in [0.29, 0.717) is 18.5 Å². The number of carboxylic acids is 1. The lowest BCUT2D eigenvalue weighted by molar-refractivity contribution is -0.132. The molecule has 0 aliphatic rings. The summed E-state index contributed by atoms with van der Waals surface area (Å²) in [6, 6.07) is 0. The first-order valence-electron chi connectivity index (χ1n) is 4.33. The van der Waals surface area contributed by atoms with E-state index in [1.54, 1.807) is 6.92 Å². The molecule has 0 aromatic rings. The molecule has 0 atom stereocenters. The molecule has 0 aromatic heterocycles. The molecule has 0 radical (unpaired) electrons. The first-order valence-corrected chi connectivity index (χ1v) is 4.33. The van der Waals surface area contributed by atoms with Crippen molar-refractivity contribution in [3.63, 3.8) is 0 Å². The van der Waals surface area contributed by atoms with Crippen LogP contribution in [-0.2, 0) is 9.59 Å². The van der Waals surface area contributed by atoms with Crippen LogP contribution in [-0.4, -0.2) is 23.5 Å². The molecule has 1 amide bonds. The number of likely N-dealkylation sites (N-methyl/N-ethyl adjacent to an activating group) is 1. The van der Waals surface area contributed by atoms with Gasteiger partial charge in [0.05, 0.1) is 0 Å². The Labute approximate surface area is 77.6 Å². The van der Waals surface area contributed by atoms with E-state index in [4.69, 9.17) is 5.11 Å². The van der Waals surface area contributed by atoms with E-state index in [-0.39, 0.29) is 5.91 Å². The fourth-order valence-electron chi connectivity index (χ4n) is 0.944. The van der Waals surface area contributed by atoms with Crippen LogP contribution in [0.5, 0.6) is 0 Å². The van der Waals surface area contributed by atoms with Crippen molar-refractivity contribution in [1.82, 2.24) is 5.32 Å². The highest BCUT2D eigenvalue weighted by molar-refractivity contribution is 5.98. The molecule has 0 unspecified atom stereocenters. The maximum atomic E-state index is 11.2. The minimum atomic E-state index is -1.07. The van der Waals surface area contributed by atoms with Gasteiger partial charge < -0.3 is 10.4 Å². The molecule has 0 spiro atoms. The predicted octanol–water partition coefficient (Wildman–Crippen LogP) is 0.934. The first kappa shape index (κ1) is 11.7. The molecule has 2 N–H and O–H groups in total. The van der Waals surface area contributed by atoms with Crippen LogP contribution in [0.4, 0.5) is 0 Å². The van der Waals surface area contributed by atoms with E-state index in [0.717, 1.165) is 12.5 Å². The van der Waals surface area contributed by atoms with Gasteiger partial charge in [-0.2, -0.15) is 0 Å². The number of carbonyl (C=O) groups is 2. The summed E-state index contributed by atoms with van der Waals surface area (Å²) < 4.78 is 0. The van der Waals surface area contributed by atoms with Crippen molar-refractivity contribution in [3.05, 3.63) is 11.6 Å². The van der Waals surface area contributed by atoms with Gasteiger partial charge in [0.25, 0.3) is 0 Å². The Kier molecular flexibility index (Phi) is 5.59. The number of nitrogens with one attached hydrogen (secondary N) is 1. The molecule has 4 heteroatoms. The Hall–Kier alpha value is -1.32. The fourth-order valence-corrected chi connectivity index (χ4v) is 0.944. The van der Waals surface area contributed by atoms with Gasteiger partial charge in [0.15, 0.2) is 0 Å². The van der Waals surface area contributed by atoms with Crippen molar-refractivity contribution < 1.29 is 14.7 Å². The summed E-state index contributed by atoms with van der Waals surface area (Å²) in [6.07, 6.45) is 2.23. The first-order chi connectivity index (χ1) is 6.11. The molecule has 0 aliphatic carbocycles. The number of amides is 1. The summed E-state index contributed by atoms with van der Waals surface area (Å²) in [5.74, 6) is -1.36. The molecule has 0 bridgehead atoms. The SMILES string of the molecule is CCC/C(=C\C(=O)O)C(=O)NCC. The number of hydrogen-bond donors (Lipinski definition) is 2. The lowest BCUT2D eigenvalue weighted by Crippen LogP contribution is -2.25. The third-order valence-electron chi connectivity index (χ3n) is 1.45. The number of hydrogen-bond acceptors (Lipinski definition) is 2. The van der Waals surface area contributed by atoms with Crippen LogP contribution in [0.25, 0.3) is 0 Å². The molecule has 0 saturated heterocycles. The quantitative estimate of drug-likeness (QED) is 0.626. The molecular weight excluding hydrogens is 170 g/mol. The Morgan fingerprint density at radius 3 is 2.38 bits per heavy atom. The van der Waals surface area contributed by atoms with Crippen LogP contribution in [0.2, 0.25) is 0 Å². The number of carbonyl (C=O) groups excluding carboxylic acids is 1. The van der Waals surface area contributed by atoms with Crippen molar-refractivity contribution >= 4 is 11.9 Å². The van der Waals surface area contributed by atoms with Crippen LogP contribution in [0, 0.1) is 0 Å². The van der Waals surface area contributed by atoms with E-state index < -0.39 is 5.97 Å². The highest BCUT2D eigenvalue weighted by Gasteiger charge is 2.08. The van der Waals surface area contributed by atoms with E-state index >= 15 is 0 Å². The van der Waals surface area contributed by atoms with Gasteiger partial charge >= 0.3 is 5.97 Å². The van der Waals surface area contributed by atoms with Gasteiger partial charge in [0.2, 0.25) is 5.91 Å². The average molecular weight is 185 g/mol. The zero-order chi connectivity index (χ0) is 10.3. The standard InChI is InChI=1S/C9H15NO3/c1-3-5-7(6-8(11)12)9(13)10-4-2/h6H,3-5H2,1-2H3,(H,10,13)(H,11,12)/b7-6+. The molecule has 0 rings (SSSR count). The molecule has 13 heavy (non-hydrogen) atoms. The Morgan fingerprint density at radius 2 is 2.00 bits per heavy atom. The zero-order valence-corrected chi connectivity index (χ0v) is 7.96. The summed E-state index contributed by atoms with van der Waals surface area (Å²) in [4.78, 5) is 21.6. The van der Waals surface area contributed by atoms with Gasteiger partial charge in [-0.3, -0.25) is 4.79 Å². The molecular formula is C9H15NO3. The second-order valence-corrected chi connectivity index (χ2v) is 2.62. The third-order valence-corrected chi connectivity index (χ3v) is 1.45. The second kappa shape index (κ2) is 6.22. The lowest BCUT2D eigenvalue weighted by Gasteiger charge is -2.04. The molecule has 0 fully saturated rings. The van der Waals surface area contributed by atoms with Crippen molar-refractivity contribution in [3.8, 4) is 0 Å². The van der Waals surface area contributed by atoms with E-state index in [2.05, 4.69) is 5.32 Å². The van der Waals surface area contributed by atoms with Gasteiger partial charge in [0, 0.05) is 18.2 Å². The van der Waals surface area contributed by atoms with Gasteiger partial charge in [-0.05, 0) is 13.3 Å². The molecule has 74 valence electrons. The van der Waals surface area contributed by atoms with Crippen molar-refractivity contribution in [2.45, 2.75) is 26.7 Å². The number of carboxylic acid groups (broad SMARTS) is 1. The summed E-state index contributed by atoms with van der Waals surface area (Å²) in [5, 5.41) is 11.0. The van der Waals surface area contributed by atoms with E-state index in [1.165, 1.54) is 0 Å². The Morgan fingerprint density at radius 1 is 1.38 bits per heavy atom. The van der Waals surface area contributed by atoms with Crippen LogP contribution < -0.4 is 5.32 Å². The molecule has 4 nitrogen and oxygen atoms in total. The maximum Gasteiger partial charge on any atom is 0.328 e. The second-order valence-electron chi connectivity index (χ2n) is 2.62. The van der Waals surface area contributed by atoms with Crippen LogP contribution in [0.1, 0.15) is 26.7 Å². The highest BCUT2D eigenvalue weighted by atomic mass is 16.4. The Bertz CT molecular complexity index is 221. The minimum Gasteiger partial charge on any atom is -0.478 e. The lowest BCUT2D eigenvalue weighted by atomic mass is 10.1. The van der Waals surface area contributed by atoms with Gasteiger partial charge in [-0.1, -0.05) is 13.3 Å². The molecule has 0 saturated carbocycles. The smallest absolute Gasteiger partial charge is 0.328 e. The molecule has 0 heterocycles. The van der Waals surface area contributed by atoms with Crippen LogP contribution in [0.3, 0.4) is 0 Å². The minimum absolute atomic E-state index is 0.285. The largest absolute Gasteiger partial charge is 0.478 e. The van der Waals surface area contributed by atoms with Crippen LogP contribution in [0.15, 0.2) is 11.6 Å².